The van der Waals surface area contributed by atoms with Gasteiger partial charge in [-0.1, -0.05) is 24.3 Å². The molecule has 0 radical (unpaired) electrons. The molecule has 0 aliphatic carbocycles. The Morgan fingerprint density at radius 2 is 2.05 bits per heavy atom. The summed E-state index contributed by atoms with van der Waals surface area (Å²) in [5.41, 5.74) is 8.73. The van der Waals surface area contributed by atoms with Crippen LogP contribution in [0, 0.1) is 0 Å². The first-order chi connectivity index (χ1) is 9.15. The van der Waals surface area contributed by atoms with Gasteiger partial charge in [0.2, 0.25) is 0 Å². The van der Waals surface area contributed by atoms with E-state index in [1.165, 1.54) is 11.1 Å². The van der Waals surface area contributed by atoms with Gasteiger partial charge < -0.3 is 11.1 Å². The van der Waals surface area contributed by atoms with Gasteiger partial charge in [-0.05, 0) is 31.4 Å². The van der Waals surface area contributed by atoms with Crippen molar-refractivity contribution < 1.29 is 0 Å². The van der Waals surface area contributed by atoms with Gasteiger partial charge in [-0.2, -0.15) is 0 Å². The van der Waals surface area contributed by atoms with Crippen LogP contribution in [0.15, 0.2) is 29.3 Å². The maximum Gasteiger partial charge on any atom is 0.188 e. The third kappa shape index (κ3) is 5.28. The molecule has 20 heavy (non-hydrogen) atoms. The molecular formula is C15H25IN4. The minimum atomic E-state index is 0. The Morgan fingerprint density at radius 1 is 1.35 bits per heavy atom. The first-order valence-electron chi connectivity index (χ1n) is 7.01. The van der Waals surface area contributed by atoms with E-state index in [1.54, 1.807) is 0 Å². The fourth-order valence-electron chi connectivity index (χ4n) is 2.40. The Morgan fingerprint density at radius 3 is 2.75 bits per heavy atom. The molecule has 0 amide bonds. The van der Waals surface area contributed by atoms with Crippen LogP contribution < -0.4 is 11.1 Å². The zero-order chi connectivity index (χ0) is 13.7. The van der Waals surface area contributed by atoms with Gasteiger partial charge in [-0.3, -0.25) is 9.89 Å². The van der Waals surface area contributed by atoms with Crippen LogP contribution in [0.5, 0.6) is 0 Å². The quantitative estimate of drug-likeness (QED) is 0.471. The molecule has 4 nitrogen and oxygen atoms in total. The van der Waals surface area contributed by atoms with Crippen LogP contribution in [0.25, 0.3) is 0 Å². The number of fused-ring (bicyclic) bond motifs is 1. The minimum absolute atomic E-state index is 0. The first kappa shape index (κ1) is 17.2. The summed E-state index contributed by atoms with van der Waals surface area (Å²) in [7, 11) is 0. The Bertz CT molecular complexity index is 445. The molecule has 1 aliphatic rings. The molecule has 0 saturated carbocycles. The van der Waals surface area contributed by atoms with Gasteiger partial charge in [0, 0.05) is 25.7 Å². The van der Waals surface area contributed by atoms with Crippen LogP contribution in [0.3, 0.4) is 0 Å². The SMILES string of the molecule is CC(C)NC(N)=NCCN1CCc2ccccc2C1.I. The largest absolute Gasteiger partial charge is 0.370 e. The zero-order valence-electron chi connectivity index (χ0n) is 12.3. The summed E-state index contributed by atoms with van der Waals surface area (Å²) in [4.78, 5) is 6.80. The predicted molar refractivity (Wildman–Crippen MR) is 95.6 cm³/mol. The lowest BCUT2D eigenvalue weighted by Gasteiger charge is -2.28. The number of rotatable bonds is 4. The number of halogens is 1. The van der Waals surface area contributed by atoms with Crippen molar-refractivity contribution in [3.05, 3.63) is 35.4 Å². The molecule has 0 aromatic heterocycles. The summed E-state index contributed by atoms with van der Waals surface area (Å²) < 4.78 is 0. The molecule has 0 atom stereocenters. The van der Waals surface area contributed by atoms with Crippen LogP contribution >= 0.6 is 24.0 Å². The average Bonchev–Trinajstić information content (AvgIpc) is 2.37. The third-order valence-electron chi connectivity index (χ3n) is 3.34. The molecule has 0 bridgehead atoms. The Hall–Kier alpha value is -0.820. The van der Waals surface area contributed by atoms with Crippen molar-refractivity contribution in [3.8, 4) is 0 Å². The molecular weight excluding hydrogens is 363 g/mol. The third-order valence-corrected chi connectivity index (χ3v) is 3.34. The minimum Gasteiger partial charge on any atom is -0.370 e. The normalized spacial score (nSPS) is 15.7. The summed E-state index contributed by atoms with van der Waals surface area (Å²) in [6.45, 7) is 7.99. The number of hydrogen-bond acceptors (Lipinski definition) is 2. The molecule has 112 valence electrons. The standard InChI is InChI=1S/C15H24N4.HI/c1-12(2)18-15(16)17-8-10-19-9-7-13-5-3-4-6-14(13)11-19;/h3-6,12H,7-11H2,1-2H3,(H3,16,17,18);1H. The summed E-state index contributed by atoms with van der Waals surface area (Å²) in [6.07, 6.45) is 1.14. The van der Waals surface area contributed by atoms with Crippen LogP contribution in [-0.2, 0) is 13.0 Å². The molecule has 2 rings (SSSR count). The molecule has 1 aliphatic heterocycles. The lowest BCUT2D eigenvalue weighted by Crippen LogP contribution is -2.38. The lowest BCUT2D eigenvalue weighted by molar-refractivity contribution is 0.261. The van der Waals surface area contributed by atoms with Crippen molar-refractivity contribution >= 4 is 29.9 Å². The number of nitrogens with one attached hydrogen (secondary N) is 1. The average molecular weight is 388 g/mol. The number of benzene rings is 1. The predicted octanol–water partition coefficient (Wildman–Crippen LogP) is 1.98. The maximum atomic E-state index is 5.79. The topological polar surface area (TPSA) is 53.6 Å². The van der Waals surface area contributed by atoms with E-state index in [4.69, 9.17) is 5.73 Å². The number of nitrogens with two attached hydrogens (primary N) is 1. The van der Waals surface area contributed by atoms with Crippen LogP contribution in [-0.4, -0.2) is 36.5 Å². The van der Waals surface area contributed by atoms with E-state index in [9.17, 15) is 0 Å². The lowest BCUT2D eigenvalue weighted by atomic mass is 10.0. The van der Waals surface area contributed by atoms with Gasteiger partial charge in [0.1, 0.15) is 0 Å². The maximum absolute atomic E-state index is 5.79. The van der Waals surface area contributed by atoms with E-state index < -0.39 is 0 Å². The van der Waals surface area contributed by atoms with Crippen molar-refractivity contribution in [2.24, 2.45) is 10.7 Å². The summed E-state index contributed by atoms with van der Waals surface area (Å²) in [5.74, 6) is 0.549. The van der Waals surface area contributed by atoms with Gasteiger partial charge in [0.15, 0.2) is 5.96 Å². The van der Waals surface area contributed by atoms with Crippen molar-refractivity contribution in [2.45, 2.75) is 32.9 Å². The van der Waals surface area contributed by atoms with E-state index in [1.807, 2.05) is 0 Å². The van der Waals surface area contributed by atoms with Crippen LogP contribution in [0.4, 0.5) is 0 Å². The number of hydrogen-bond donors (Lipinski definition) is 2. The zero-order valence-corrected chi connectivity index (χ0v) is 14.6. The van der Waals surface area contributed by atoms with Crippen LogP contribution in [0.2, 0.25) is 0 Å². The fraction of sp³-hybridized carbons (Fsp3) is 0.533. The highest BCUT2D eigenvalue weighted by Crippen LogP contribution is 2.17. The number of guanidine groups is 1. The van der Waals surface area contributed by atoms with Gasteiger partial charge >= 0.3 is 0 Å². The van der Waals surface area contributed by atoms with Crippen molar-refractivity contribution in [2.75, 3.05) is 19.6 Å². The van der Waals surface area contributed by atoms with Gasteiger partial charge in [-0.25, -0.2) is 0 Å². The van der Waals surface area contributed by atoms with Crippen molar-refractivity contribution in [1.82, 2.24) is 10.2 Å². The van der Waals surface area contributed by atoms with E-state index in [0.29, 0.717) is 12.0 Å². The molecule has 1 aromatic carbocycles. The van der Waals surface area contributed by atoms with Gasteiger partial charge in [0.25, 0.3) is 0 Å². The van der Waals surface area contributed by atoms with Crippen molar-refractivity contribution in [1.29, 1.82) is 0 Å². The molecule has 1 aromatic rings. The molecule has 0 unspecified atom stereocenters. The van der Waals surface area contributed by atoms with E-state index in [0.717, 1.165) is 32.6 Å². The van der Waals surface area contributed by atoms with E-state index >= 15 is 0 Å². The van der Waals surface area contributed by atoms with Crippen molar-refractivity contribution in [3.63, 3.8) is 0 Å². The monoisotopic (exact) mass is 388 g/mol. The van der Waals surface area contributed by atoms with Gasteiger partial charge in [-0.15, -0.1) is 24.0 Å². The molecule has 0 spiro atoms. The summed E-state index contributed by atoms with van der Waals surface area (Å²) in [5, 5.41) is 3.11. The number of aliphatic imine (C=N–C) groups is 1. The van der Waals surface area contributed by atoms with E-state index in [2.05, 4.69) is 53.3 Å². The van der Waals surface area contributed by atoms with Crippen LogP contribution in [0.1, 0.15) is 25.0 Å². The second kappa shape index (κ2) is 8.46. The smallest absolute Gasteiger partial charge is 0.188 e. The fourth-order valence-corrected chi connectivity index (χ4v) is 2.40. The highest BCUT2D eigenvalue weighted by molar-refractivity contribution is 14.0. The molecule has 0 fully saturated rings. The van der Waals surface area contributed by atoms with E-state index in [-0.39, 0.29) is 24.0 Å². The first-order valence-corrected chi connectivity index (χ1v) is 7.01. The Balaban J connectivity index is 0.00000200. The molecule has 3 N–H and O–H groups in total. The van der Waals surface area contributed by atoms with Gasteiger partial charge in [0.05, 0.1) is 6.54 Å². The second-order valence-electron chi connectivity index (χ2n) is 5.36. The Kier molecular flexibility index (Phi) is 7.29. The second-order valence-corrected chi connectivity index (χ2v) is 5.36. The highest BCUT2D eigenvalue weighted by atomic mass is 127. The molecule has 0 saturated heterocycles. The summed E-state index contributed by atoms with van der Waals surface area (Å²) >= 11 is 0. The summed E-state index contributed by atoms with van der Waals surface area (Å²) in [6, 6.07) is 9.03. The molecule has 5 heteroatoms. The molecule has 1 heterocycles. The highest BCUT2D eigenvalue weighted by Gasteiger charge is 2.14. The number of nitrogens with zero attached hydrogens (tertiary/aromatic N) is 2. The Labute approximate surface area is 138 Å².